The highest BCUT2D eigenvalue weighted by molar-refractivity contribution is 9.10. The zero-order valence-corrected chi connectivity index (χ0v) is 17.6. The zero-order valence-electron chi connectivity index (χ0n) is 14.4. The van der Waals surface area contributed by atoms with Crippen molar-refractivity contribution in [2.45, 2.75) is 13.1 Å². The van der Waals surface area contributed by atoms with Crippen molar-refractivity contribution >= 4 is 61.9 Å². The number of hydrogen-bond acceptors (Lipinski definition) is 4. The molecule has 0 aliphatic carbocycles. The molecule has 9 heteroatoms. The van der Waals surface area contributed by atoms with Crippen LogP contribution in [0.3, 0.4) is 0 Å². The van der Waals surface area contributed by atoms with Crippen molar-refractivity contribution < 1.29 is 22.7 Å². The molecule has 0 saturated carbocycles. The van der Waals surface area contributed by atoms with Gasteiger partial charge in [0.15, 0.2) is 4.32 Å². The van der Waals surface area contributed by atoms with Gasteiger partial charge in [-0.15, -0.1) is 0 Å². The number of ether oxygens (including phenoxy) is 1. The summed E-state index contributed by atoms with van der Waals surface area (Å²) in [5, 5.41) is 0. The van der Waals surface area contributed by atoms with Crippen molar-refractivity contribution in [1.82, 2.24) is 0 Å². The van der Waals surface area contributed by atoms with Crippen LogP contribution in [-0.2, 0) is 11.0 Å². The number of carbonyl (C=O) groups is 1. The molecule has 0 N–H and O–H groups in total. The number of alkyl halides is 3. The third kappa shape index (κ3) is 4.42. The molecular weight excluding hydrogens is 475 g/mol. The molecule has 1 heterocycles. The van der Waals surface area contributed by atoms with E-state index < -0.39 is 17.6 Å². The summed E-state index contributed by atoms with van der Waals surface area (Å²) in [5.41, 5.74) is -0.00746. The minimum atomic E-state index is -4.50. The van der Waals surface area contributed by atoms with Gasteiger partial charge in [0.05, 0.1) is 27.2 Å². The highest BCUT2D eigenvalue weighted by Crippen LogP contribution is 2.39. The molecule has 0 radical (unpaired) electrons. The van der Waals surface area contributed by atoms with Crippen LogP contribution < -0.4 is 9.64 Å². The van der Waals surface area contributed by atoms with Gasteiger partial charge in [-0.05, 0) is 64.8 Å². The first-order valence-corrected chi connectivity index (χ1v) is 10.1. The van der Waals surface area contributed by atoms with Gasteiger partial charge in [-0.3, -0.25) is 9.69 Å². The molecule has 0 unspecified atom stereocenters. The molecule has 3 rings (SSSR count). The lowest BCUT2D eigenvalue weighted by atomic mass is 10.1. The number of nitrogens with zero attached hydrogens (tertiary/aromatic N) is 1. The Bertz CT molecular complexity index is 976. The van der Waals surface area contributed by atoms with Gasteiger partial charge < -0.3 is 4.74 Å². The number of hydrogen-bond donors (Lipinski definition) is 0. The fraction of sp³-hybridized carbons (Fsp3) is 0.158. The Morgan fingerprint density at radius 1 is 1.25 bits per heavy atom. The van der Waals surface area contributed by atoms with E-state index in [9.17, 15) is 18.0 Å². The van der Waals surface area contributed by atoms with Gasteiger partial charge in [0, 0.05) is 0 Å². The first-order valence-electron chi connectivity index (χ1n) is 8.08. The van der Waals surface area contributed by atoms with Crippen LogP contribution in [0, 0.1) is 0 Å². The van der Waals surface area contributed by atoms with Crippen molar-refractivity contribution in [2.24, 2.45) is 0 Å². The number of thioether (sulfide) groups is 1. The van der Waals surface area contributed by atoms with Crippen LogP contribution in [0.4, 0.5) is 18.9 Å². The van der Waals surface area contributed by atoms with Crippen LogP contribution in [0.25, 0.3) is 6.08 Å². The highest BCUT2D eigenvalue weighted by Gasteiger charge is 2.36. The molecule has 0 aromatic heterocycles. The molecule has 2 aromatic rings. The Labute approximate surface area is 177 Å². The maximum absolute atomic E-state index is 13.0. The summed E-state index contributed by atoms with van der Waals surface area (Å²) in [6.45, 7) is 2.40. The largest absolute Gasteiger partial charge is 0.493 e. The van der Waals surface area contributed by atoms with Gasteiger partial charge in [-0.25, -0.2) is 0 Å². The maximum atomic E-state index is 13.0. The monoisotopic (exact) mass is 487 g/mol. The number of thiocarbonyl (C=S) groups is 1. The number of halogens is 4. The molecule has 1 aliphatic rings. The van der Waals surface area contributed by atoms with Crippen LogP contribution in [0.5, 0.6) is 5.75 Å². The number of anilines is 1. The van der Waals surface area contributed by atoms with Gasteiger partial charge >= 0.3 is 6.18 Å². The fourth-order valence-electron chi connectivity index (χ4n) is 2.54. The highest BCUT2D eigenvalue weighted by atomic mass is 79.9. The molecule has 0 spiro atoms. The molecule has 0 atom stereocenters. The van der Waals surface area contributed by atoms with Gasteiger partial charge in [-0.1, -0.05) is 36.1 Å². The summed E-state index contributed by atoms with van der Waals surface area (Å²) in [6.07, 6.45) is -2.85. The van der Waals surface area contributed by atoms with Crippen LogP contribution in [0.2, 0.25) is 0 Å². The predicted molar refractivity (Wildman–Crippen MR) is 112 cm³/mol. The van der Waals surface area contributed by atoms with Crippen molar-refractivity contribution in [3.63, 3.8) is 0 Å². The third-order valence-corrected chi connectivity index (χ3v) is 5.70. The third-order valence-electron chi connectivity index (χ3n) is 3.78. The summed E-state index contributed by atoms with van der Waals surface area (Å²) >= 11 is 9.68. The van der Waals surface area contributed by atoms with Gasteiger partial charge in [0.25, 0.3) is 5.91 Å². The lowest BCUT2D eigenvalue weighted by molar-refractivity contribution is -0.137. The fourth-order valence-corrected chi connectivity index (χ4v) is 4.35. The Morgan fingerprint density at radius 3 is 2.64 bits per heavy atom. The van der Waals surface area contributed by atoms with Crippen molar-refractivity contribution in [1.29, 1.82) is 0 Å². The van der Waals surface area contributed by atoms with Gasteiger partial charge in [0.1, 0.15) is 5.75 Å². The van der Waals surface area contributed by atoms with Crippen molar-refractivity contribution in [3.05, 3.63) is 63.0 Å². The Hall–Kier alpha value is -1.84. The van der Waals surface area contributed by atoms with Crippen LogP contribution in [0.15, 0.2) is 51.8 Å². The van der Waals surface area contributed by atoms with Crippen LogP contribution in [-0.4, -0.2) is 16.8 Å². The molecule has 1 aliphatic heterocycles. The summed E-state index contributed by atoms with van der Waals surface area (Å²) in [5.74, 6) is 0.218. The Kier molecular flexibility index (Phi) is 6.16. The number of rotatable bonds is 4. The average molecular weight is 488 g/mol. The second-order valence-electron chi connectivity index (χ2n) is 5.69. The number of carbonyl (C=O) groups excluding carboxylic acids is 1. The Morgan fingerprint density at radius 2 is 2.00 bits per heavy atom. The summed E-state index contributed by atoms with van der Waals surface area (Å²) in [6, 6.07) is 9.90. The summed E-state index contributed by atoms with van der Waals surface area (Å²) in [4.78, 5) is 14.2. The normalized spacial score (nSPS) is 16.2. The predicted octanol–water partition coefficient (Wildman–Crippen LogP) is 6.27. The lowest BCUT2D eigenvalue weighted by Gasteiger charge is -2.16. The van der Waals surface area contributed by atoms with Crippen LogP contribution in [0.1, 0.15) is 18.1 Å². The number of amides is 1. The first kappa shape index (κ1) is 20.9. The summed E-state index contributed by atoms with van der Waals surface area (Å²) < 4.78 is 45.3. The summed E-state index contributed by atoms with van der Waals surface area (Å²) in [7, 11) is 0. The Balaban J connectivity index is 1.90. The second kappa shape index (κ2) is 8.26. The quantitative estimate of drug-likeness (QED) is 0.375. The first-order chi connectivity index (χ1) is 13.2. The molecule has 1 saturated heterocycles. The minimum Gasteiger partial charge on any atom is -0.493 e. The van der Waals surface area contributed by atoms with E-state index in [4.69, 9.17) is 17.0 Å². The van der Waals surface area contributed by atoms with E-state index in [1.165, 1.54) is 12.1 Å². The maximum Gasteiger partial charge on any atom is 0.416 e. The second-order valence-corrected chi connectivity index (χ2v) is 8.22. The molecule has 146 valence electrons. The zero-order chi connectivity index (χ0) is 20.5. The van der Waals surface area contributed by atoms with E-state index in [0.717, 1.165) is 38.8 Å². The minimum absolute atomic E-state index is 0.0913. The van der Waals surface area contributed by atoms with E-state index in [1.807, 2.05) is 6.92 Å². The van der Waals surface area contributed by atoms with Gasteiger partial charge in [-0.2, -0.15) is 13.2 Å². The lowest BCUT2D eigenvalue weighted by Crippen LogP contribution is -2.27. The van der Waals surface area contributed by atoms with Crippen LogP contribution >= 0.6 is 39.9 Å². The van der Waals surface area contributed by atoms with E-state index in [-0.39, 0.29) is 10.0 Å². The van der Waals surface area contributed by atoms with E-state index in [0.29, 0.717) is 17.3 Å². The average Bonchev–Trinajstić information content (AvgIpc) is 2.90. The van der Waals surface area contributed by atoms with E-state index in [2.05, 4.69) is 15.9 Å². The molecule has 28 heavy (non-hydrogen) atoms. The molecule has 1 amide bonds. The number of benzene rings is 2. The standard InChI is InChI=1S/C19H13BrF3NO2S2/c1-2-26-15-7-6-11(8-14(15)20)9-16-17(25)24(18(27)28-16)13-5-3-4-12(10-13)19(21,22)23/h3-10H,2H2,1H3/b16-9+. The van der Waals surface area contributed by atoms with Crippen molar-refractivity contribution in [3.8, 4) is 5.75 Å². The SMILES string of the molecule is CCOc1ccc(/C=C2/SC(=S)N(c3cccc(C(F)(F)F)c3)C2=O)cc1Br. The topological polar surface area (TPSA) is 29.5 Å². The van der Waals surface area contributed by atoms with Crippen molar-refractivity contribution in [2.75, 3.05) is 11.5 Å². The smallest absolute Gasteiger partial charge is 0.416 e. The van der Waals surface area contributed by atoms with E-state index in [1.54, 1.807) is 24.3 Å². The van der Waals surface area contributed by atoms with Gasteiger partial charge in [0.2, 0.25) is 0 Å². The molecule has 0 bridgehead atoms. The molecular formula is C19H13BrF3NO2S2. The molecule has 2 aromatic carbocycles. The molecule has 1 fully saturated rings. The molecule has 3 nitrogen and oxygen atoms in total. The van der Waals surface area contributed by atoms with E-state index >= 15 is 0 Å².